The van der Waals surface area contributed by atoms with Gasteiger partial charge in [-0.1, -0.05) is 48.5 Å². The number of rotatable bonds is 8. The average Bonchev–Trinajstić information content (AvgIpc) is 2.66. The van der Waals surface area contributed by atoms with Gasteiger partial charge < -0.3 is 9.44 Å². The van der Waals surface area contributed by atoms with E-state index in [2.05, 4.69) is 9.44 Å². The molecule has 0 aliphatic rings. The fourth-order valence-corrected chi connectivity index (χ4v) is 3.93. The zero-order valence-corrected chi connectivity index (χ0v) is 22.5. The van der Waals surface area contributed by atoms with Gasteiger partial charge in [0.05, 0.1) is 0 Å². The van der Waals surface area contributed by atoms with Crippen LogP contribution in [0.4, 0.5) is 0 Å². The molecule has 0 bridgehead atoms. The van der Waals surface area contributed by atoms with E-state index < -0.39 is 43.6 Å². The van der Waals surface area contributed by atoms with E-state index in [-0.39, 0.29) is 42.5 Å². The third kappa shape index (κ3) is 11.6. The minimum atomic E-state index is -3.75. The Hall–Kier alpha value is -0.716. The summed E-state index contributed by atoms with van der Waals surface area (Å²) in [5, 5.41) is -1.60. The van der Waals surface area contributed by atoms with Crippen molar-refractivity contribution >= 4 is 53.7 Å². The van der Waals surface area contributed by atoms with Crippen LogP contribution < -0.4 is 0 Å². The molecule has 0 amide bonds. The average molecular weight is 582 g/mol. The van der Waals surface area contributed by atoms with Crippen LogP contribution in [0.15, 0.2) is 58.3 Å². The van der Waals surface area contributed by atoms with Crippen LogP contribution in [0.3, 0.4) is 0 Å². The van der Waals surface area contributed by atoms with E-state index in [1.807, 2.05) is 13.8 Å². The number of hydrogen-bond acceptors (Lipinski definition) is 6. The van der Waals surface area contributed by atoms with Gasteiger partial charge in [0.25, 0.3) is 0 Å². The quantitative estimate of drug-likeness (QED) is 0.437. The molecule has 0 heterocycles. The van der Waals surface area contributed by atoms with Gasteiger partial charge in [-0.05, 0) is 61.3 Å². The Morgan fingerprint density at radius 2 is 0.935 bits per heavy atom. The fourth-order valence-electron chi connectivity index (χ4n) is 1.84. The standard InChI is InChI=1S/2C9H9ClNO3S.Y/c2*1-7-2-4-8(5-3-7)15(13,14)11-6-9(10)12;/h2*2-5H,6H2,1H3;/q2*-1;. The van der Waals surface area contributed by atoms with E-state index in [0.717, 1.165) is 11.1 Å². The topological polar surface area (TPSA) is 131 Å². The number of aryl methyl sites for hydroxylation is 2. The van der Waals surface area contributed by atoms with E-state index in [1.165, 1.54) is 24.3 Å². The summed E-state index contributed by atoms with van der Waals surface area (Å²) in [4.78, 5) is 20.9. The molecule has 0 aliphatic carbocycles. The monoisotopic (exact) mass is 581 g/mol. The van der Waals surface area contributed by atoms with E-state index in [1.54, 1.807) is 24.3 Å². The van der Waals surface area contributed by atoms with Gasteiger partial charge in [-0.3, -0.25) is 9.59 Å². The number of benzene rings is 2. The van der Waals surface area contributed by atoms with Crippen molar-refractivity contribution in [1.29, 1.82) is 0 Å². The number of sulfonamides is 2. The van der Waals surface area contributed by atoms with Crippen molar-refractivity contribution in [1.82, 2.24) is 0 Å². The molecule has 2 aromatic rings. The molecule has 0 spiro atoms. The van der Waals surface area contributed by atoms with Crippen molar-refractivity contribution in [2.75, 3.05) is 13.1 Å². The maximum atomic E-state index is 11.5. The molecule has 167 valence electrons. The minimum absolute atomic E-state index is 0. The van der Waals surface area contributed by atoms with E-state index in [9.17, 15) is 26.4 Å². The summed E-state index contributed by atoms with van der Waals surface area (Å²) in [5.41, 5.74) is 1.89. The molecule has 0 saturated heterocycles. The smallest absolute Gasteiger partial charge is 0.201 e. The van der Waals surface area contributed by atoms with Crippen LogP contribution >= 0.6 is 23.2 Å². The summed E-state index contributed by atoms with van der Waals surface area (Å²) in [5.74, 6) is 0. The van der Waals surface area contributed by atoms with Crippen molar-refractivity contribution in [2.24, 2.45) is 0 Å². The van der Waals surface area contributed by atoms with E-state index >= 15 is 0 Å². The van der Waals surface area contributed by atoms with Gasteiger partial charge in [0.1, 0.15) is 20.0 Å². The molecule has 8 nitrogen and oxygen atoms in total. The van der Waals surface area contributed by atoms with E-state index in [0.29, 0.717) is 0 Å². The number of carbonyl (C=O) groups excluding carboxylic acids is 2. The zero-order valence-electron chi connectivity index (χ0n) is 16.5. The number of halogens is 2. The molecule has 13 heteroatoms. The molecule has 0 aliphatic heterocycles. The summed E-state index contributed by atoms with van der Waals surface area (Å²) < 4.78 is 52.4. The summed E-state index contributed by atoms with van der Waals surface area (Å²) in [7, 11) is -7.50. The van der Waals surface area contributed by atoms with Gasteiger partial charge in [-0.25, -0.2) is 16.8 Å². The Balaban J connectivity index is 0.000000562. The van der Waals surface area contributed by atoms with Crippen molar-refractivity contribution < 1.29 is 59.1 Å². The third-order valence-corrected chi connectivity index (χ3v) is 6.27. The van der Waals surface area contributed by atoms with E-state index in [4.69, 9.17) is 23.2 Å². The van der Waals surface area contributed by atoms with Crippen molar-refractivity contribution in [3.63, 3.8) is 0 Å². The molecule has 0 fully saturated rings. The molecular formula is C18H18Cl2N2O6S2Y-2. The van der Waals surface area contributed by atoms with Crippen LogP contribution in [0.1, 0.15) is 11.1 Å². The molecule has 2 aromatic carbocycles. The van der Waals surface area contributed by atoms with Gasteiger partial charge in [-0.2, -0.15) is 0 Å². The van der Waals surface area contributed by atoms with Crippen LogP contribution in [0.5, 0.6) is 0 Å². The predicted molar refractivity (Wildman–Crippen MR) is 115 cm³/mol. The second kappa shape index (κ2) is 13.7. The molecule has 2 rings (SSSR count). The van der Waals surface area contributed by atoms with Crippen LogP contribution in [0, 0.1) is 13.8 Å². The Bertz CT molecular complexity index is 1000. The molecule has 0 unspecified atom stereocenters. The molecule has 0 aromatic heterocycles. The summed E-state index contributed by atoms with van der Waals surface area (Å²) in [6.45, 7) is 2.63. The summed E-state index contributed by atoms with van der Waals surface area (Å²) in [6.07, 6.45) is 0. The van der Waals surface area contributed by atoms with Gasteiger partial charge in [0.15, 0.2) is 0 Å². The molecule has 0 atom stereocenters. The van der Waals surface area contributed by atoms with Crippen molar-refractivity contribution in [2.45, 2.75) is 23.6 Å². The first-order valence-corrected chi connectivity index (χ1v) is 11.8. The van der Waals surface area contributed by atoms with Gasteiger partial charge in [0.2, 0.25) is 10.5 Å². The second-order valence-electron chi connectivity index (χ2n) is 5.86. The zero-order chi connectivity index (χ0) is 22.9. The summed E-state index contributed by atoms with van der Waals surface area (Å²) >= 11 is 10.00. The maximum absolute atomic E-state index is 11.5. The Morgan fingerprint density at radius 3 is 1.16 bits per heavy atom. The molecule has 0 saturated carbocycles. The molecule has 0 N–H and O–H groups in total. The van der Waals surface area contributed by atoms with Crippen LogP contribution in [0.2, 0.25) is 0 Å². The molecule has 31 heavy (non-hydrogen) atoms. The third-order valence-electron chi connectivity index (χ3n) is 3.36. The molecule has 1 radical (unpaired) electrons. The maximum Gasteiger partial charge on any atom is 0.201 e. The predicted octanol–water partition coefficient (Wildman–Crippen LogP) is 3.64. The Morgan fingerprint density at radius 1 is 0.677 bits per heavy atom. The first kappa shape index (κ1) is 30.3. The van der Waals surface area contributed by atoms with Gasteiger partial charge in [-0.15, -0.1) is 0 Å². The number of carbonyl (C=O) groups is 2. The van der Waals surface area contributed by atoms with Crippen LogP contribution in [0.25, 0.3) is 9.44 Å². The van der Waals surface area contributed by atoms with Crippen LogP contribution in [-0.4, -0.2) is 40.4 Å². The minimum Gasteiger partial charge on any atom is -0.537 e. The second-order valence-corrected chi connectivity index (χ2v) is 10.1. The van der Waals surface area contributed by atoms with Crippen LogP contribution in [-0.2, 0) is 62.3 Å². The van der Waals surface area contributed by atoms with Crippen molar-refractivity contribution in [3.8, 4) is 0 Å². The normalized spacial score (nSPS) is 11.0. The number of hydrogen-bond donors (Lipinski definition) is 0. The molecular weight excluding hydrogens is 564 g/mol. The number of nitrogens with zero attached hydrogens (tertiary/aromatic N) is 2. The largest absolute Gasteiger partial charge is 0.537 e. The fraction of sp³-hybridized carbons (Fsp3) is 0.222. The summed E-state index contributed by atoms with van der Waals surface area (Å²) in [6, 6.07) is 12.4. The van der Waals surface area contributed by atoms with Gasteiger partial charge in [0, 0.05) is 42.5 Å². The first-order valence-electron chi connectivity index (χ1n) is 8.21. The van der Waals surface area contributed by atoms with Gasteiger partial charge >= 0.3 is 0 Å². The SMILES string of the molecule is Cc1ccc(S(=O)(=O)[N-]CC(=O)Cl)cc1.Cc1ccc(S(=O)(=O)[N-]CC(=O)Cl)cc1.[Y]. The Labute approximate surface area is 217 Å². The van der Waals surface area contributed by atoms with Crippen molar-refractivity contribution in [3.05, 3.63) is 69.1 Å². The first-order chi connectivity index (χ1) is 13.8. The Kier molecular flexibility index (Phi) is 13.4.